The van der Waals surface area contributed by atoms with Crippen LogP contribution in [0.2, 0.25) is 0 Å². The van der Waals surface area contributed by atoms with Crippen LogP contribution in [0.3, 0.4) is 0 Å². The van der Waals surface area contributed by atoms with E-state index in [9.17, 15) is 4.79 Å². The Morgan fingerprint density at radius 1 is 1.35 bits per heavy atom. The molecule has 8 nitrogen and oxygen atoms in total. The minimum atomic E-state index is -0.0333. The van der Waals surface area contributed by atoms with E-state index in [4.69, 9.17) is 10.2 Å². The average molecular weight is 367 g/mol. The number of urea groups is 1. The average Bonchev–Trinajstić information content (AvgIpc) is 2.60. The number of allylic oxidation sites excluding steroid dienone is 3. The van der Waals surface area contributed by atoms with Crippen LogP contribution in [0.4, 0.5) is 4.79 Å². The fourth-order valence-corrected chi connectivity index (χ4v) is 2.06. The Morgan fingerprint density at radius 3 is 2.46 bits per heavy atom. The van der Waals surface area contributed by atoms with E-state index in [0.29, 0.717) is 36.0 Å². The Morgan fingerprint density at radius 2 is 1.96 bits per heavy atom. The molecule has 0 aromatic heterocycles. The number of amides is 2. The fraction of sp³-hybridized carbons (Fsp3) is 0.611. The van der Waals surface area contributed by atoms with Crippen LogP contribution in [-0.2, 0) is 4.84 Å². The molecule has 0 aliphatic rings. The standard InChI is InChI=1S/C18H34N6O2/c1-9-21-26-14(3)12-16(19)15(4)17(20-5)22-13(2)10-11-24(8)18(25)23(6)7/h12-13,19,21-22H,5,9-11H2,1-4,6-8H3/b14-12+,17-15+,19-16?. The molecule has 0 aromatic carbocycles. The van der Waals surface area contributed by atoms with Crippen LogP contribution in [0.1, 0.15) is 34.1 Å². The molecule has 0 bridgehead atoms. The van der Waals surface area contributed by atoms with Crippen molar-refractivity contribution in [2.24, 2.45) is 4.99 Å². The minimum absolute atomic E-state index is 0.0333. The fourth-order valence-electron chi connectivity index (χ4n) is 2.06. The number of rotatable bonds is 11. The second-order valence-corrected chi connectivity index (χ2v) is 6.33. The number of nitrogens with zero attached hydrogens (tertiary/aromatic N) is 3. The number of aliphatic imine (C=N–C) groups is 1. The van der Waals surface area contributed by atoms with Crippen LogP contribution >= 0.6 is 0 Å². The van der Waals surface area contributed by atoms with E-state index in [2.05, 4.69) is 22.5 Å². The maximum absolute atomic E-state index is 11.9. The van der Waals surface area contributed by atoms with Gasteiger partial charge in [0, 0.05) is 51.9 Å². The Kier molecular flexibility index (Phi) is 11.0. The van der Waals surface area contributed by atoms with Gasteiger partial charge >= 0.3 is 6.03 Å². The van der Waals surface area contributed by atoms with Crippen LogP contribution in [0.25, 0.3) is 0 Å². The second kappa shape index (κ2) is 12.1. The molecule has 0 aliphatic heterocycles. The molecule has 148 valence electrons. The predicted octanol–water partition coefficient (Wildman–Crippen LogP) is 2.36. The first-order valence-electron chi connectivity index (χ1n) is 8.67. The molecule has 3 N–H and O–H groups in total. The van der Waals surface area contributed by atoms with Crippen molar-refractivity contribution in [2.45, 2.75) is 40.2 Å². The Hall–Kier alpha value is -2.35. The van der Waals surface area contributed by atoms with E-state index < -0.39 is 0 Å². The maximum atomic E-state index is 11.9. The van der Waals surface area contributed by atoms with E-state index in [1.807, 2.05) is 20.8 Å². The van der Waals surface area contributed by atoms with Gasteiger partial charge in [-0.25, -0.2) is 9.79 Å². The molecule has 2 amide bonds. The number of carbonyl (C=O) groups excluding carboxylic acids is 1. The van der Waals surface area contributed by atoms with Crippen molar-refractivity contribution in [3.63, 3.8) is 0 Å². The molecule has 1 unspecified atom stereocenters. The molecular formula is C18H34N6O2. The van der Waals surface area contributed by atoms with Gasteiger partial charge in [-0.15, -0.1) is 0 Å². The zero-order valence-electron chi connectivity index (χ0n) is 17.1. The topological polar surface area (TPSA) is 93.1 Å². The van der Waals surface area contributed by atoms with Gasteiger partial charge in [0.2, 0.25) is 0 Å². The zero-order chi connectivity index (χ0) is 20.3. The van der Waals surface area contributed by atoms with Gasteiger partial charge in [-0.1, -0.05) is 0 Å². The summed E-state index contributed by atoms with van der Waals surface area (Å²) in [5.41, 5.74) is 3.71. The van der Waals surface area contributed by atoms with Crippen LogP contribution < -0.4 is 10.8 Å². The van der Waals surface area contributed by atoms with Gasteiger partial charge in [-0.3, -0.25) is 0 Å². The lowest BCUT2D eigenvalue weighted by molar-refractivity contribution is 0.112. The molecule has 8 heteroatoms. The number of nitrogens with one attached hydrogen (secondary N) is 3. The van der Waals surface area contributed by atoms with E-state index in [1.165, 1.54) is 0 Å². The van der Waals surface area contributed by atoms with Crippen molar-refractivity contribution in [3.05, 3.63) is 23.2 Å². The van der Waals surface area contributed by atoms with Crippen molar-refractivity contribution in [2.75, 3.05) is 34.2 Å². The molecular weight excluding hydrogens is 332 g/mol. The van der Waals surface area contributed by atoms with Crippen molar-refractivity contribution >= 4 is 18.5 Å². The van der Waals surface area contributed by atoms with Gasteiger partial charge in [0.25, 0.3) is 0 Å². The number of hydrogen-bond donors (Lipinski definition) is 3. The molecule has 0 spiro atoms. The molecule has 0 aliphatic carbocycles. The first kappa shape index (κ1) is 23.6. The summed E-state index contributed by atoms with van der Waals surface area (Å²) in [6.45, 7) is 12.4. The molecule has 0 saturated carbocycles. The lowest BCUT2D eigenvalue weighted by Crippen LogP contribution is -2.39. The normalized spacial score (nSPS) is 13.4. The summed E-state index contributed by atoms with van der Waals surface area (Å²) in [6, 6.07) is 0.0350. The first-order chi connectivity index (χ1) is 12.1. The summed E-state index contributed by atoms with van der Waals surface area (Å²) in [6.07, 6.45) is 2.37. The van der Waals surface area contributed by atoms with Crippen molar-refractivity contribution in [1.29, 1.82) is 5.41 Å². The molecule has 26 heavy (non-hydrogen) atoms. The highest BCUT2D eigenvalue weighted by Crippen LogP contribution is 2.09. The number of carbonyl (C=O) groups is 1. The Bertz CT molecular complexity index is 554. The lowest BCUT2D eigenvalue weighted by Gasteiger charge is -2.24. The SMILES string of the molecule is C=N/C(NC(C)CCN(C)C(=O)N(C)C)=C(/C)C(=N)/C=C(\C)ONCC. The lowest BCUT2D eigenvalue weighted by atomic mass is 10.1. The van der Waals surface area contributed by atoms with Gasteiger partial charge in [-0.05, 0) is 40.8 Å². The Labute approximate surface area is 157 Å². The van der Waals surface area contributed by atoms with E-state index >= 15 is 0 Å². The molecule has 0 radical (unpaired) electrons. The van der Waals surface area contributed by atoms with Gasteiger partial charge in [0.15, 0.2) is 0 Å². The van der Waals surface area contributed by atoms with Crippen molar-refractivity contribution in [3.8, 4) is 0 Å². The van der Waals surface area contributed by atoms with Crippen molar-refractivity contribution < 1.29 is 9.63 Å². The largest absolute Gasteiger partial charge is 0.413 e. The third kappa shape index (κ3) is 8.66. The highest BCUT2D eigenvalue weighted by Gasteiger charge is 2.13. The molecule has 0 rings (SSSR count). The van der Waals surface area contributed by atoms with Gasteiger partial charge in [0.1, 0.15) is 11.6 Å². The van der Waals surface area contributed by atoms with Crippen LogP contribution in [0, 0.1) is 5.41 Å². The third-order valence-corrected chi connectivity index (χ3v) is 3.63. The summed E-state index contributed by atoms with van der Waals surface area (Å²) in [5, 5.41) is 11.4. The highest BCUT2D eigenvalue weighted by molar-refractivity contribution is 6.06. The van der Waals surface area contributed by atoms with Gasteiger partial charge in [-0.2, -0.15) is 5.48 Å². The van der Waals surface area contributed by atoms with E-state index in [1.54, 1.807) is 43.9 Å². The summed E-state index contributed by atoms with van der Waals surface area (Å²) in [5.74, 6) is 1.15. The molecule has 0 aromatic rings. The highest BCUT2D eigenvalue weighted by atomic mass is 16.6. The van der Waals surface area contributed by atoms with Crippen LogP contribution in [-0.4, -0.2) is 68.5 Å². The predicted molar refractivity (Wildman–Crippen MR) is 107 cm³/mol. The van der Waals surface area contributed by atoms with Gasteiger partial charge < -0.3 is 25.4 Å². The number of hydroxylamine groups is 1. The summed E-state index contributed by atoms with van der Waals surface area (Å²) in [7, 11) is 5.23. The van der Waals surface area contributed by atoms with Crippen molar-refractivity contribution in [1.82, 2.24) is 20.6 Å². The Balaban J connectivity index is 4.84. The monoisotopic (exact) mass is 366 g/mol. The van der Waals surface area contributed by atoms with E-state index in [-0.39, 0.29) is 12.1 Å². The summed E-state index contributed by atoms with van der Waals surface area (Å²) in [4.78, 5) is 24.3. The second-order valence-electron chi connectivity index (χ2n) is 6.33. The zero-order valence-corrected chi connectivity index (χ0v) is 17.1. The van der Waals surface area contributed by atoms with E-state index in [0.717, 1.165) is 6.42 Å². The molecule has 1 atom stereocenters. The molecule has 0 saturated heterocycles. The smallest absolute Gasteiger partial charge is 0.319 e. The van der Waals surface area contributed by atoms with Crippen LogP contribution in [0.15, 0.2) is 28.2 Å². The third-order valence-electron chi connectivity index (χ3n) is 3.63. The molecule has 0 heterocycles. The molecule has 0 fully saturated rings. The van der Waals surface area contributed by atoms with Gasteiger partial charge in [0.05, 0.1) is 5.71 Å². The first-order valence-corrected chi connectivity index (χ1v) is 8.67. The minimum Gasteiger partial charge on any atom is -0.413 e. The summed E-state index contributed by atoms with van der Waals surface area (Å²) >= 11 is 0. The maximum Gasteiger partial charge on any atom is 0.319 e. The quantitative estimate of drug-likeness (QED) is 0.297. The number of hydrogen-bond acceptors (Lipinski definition) is 6. The summed E-state index contributed by atoms with van der Waals surface area (Å²) < 4.78 is 0. The van der Waals surface area contributed by atoms with Crippen LogP contribution in [0.5, 0.6) is 0 Å².